The minimum Gasteiger partial charge on any atom is -0.448 e. The second-order valence-corrected chi connectivity index (χ2v) is 33.0. The normalized spacial score (nSPS) is 18.8. The zero-order chi connectivity index (χ0) is 52.1. The second kappa shape index (κ2) is 24.6. The number of nitrogens with zero attached hydrogens (tertiary/aromatic N) is 4. The number of nitrogens with two attached hydrogens (primary N) is 1. The molecule has 2 fully saturated rings. The van der Waals surface area contributed by atoms with E-state index in [4.69, 9.17) is 43.4 Å². The Morgan fingerprint density at radius 1 is 0.714 bits per heavy atom. The number of aromatic nitrogens is 4. The van der Waals surface area contributed by atoms with E-state index in [0.717, 1.165) is 0 Å². The van der Waals surface area contributed by atoms with Crippen molar-refractivity contribution in [2.24, 2.45) is 0 Å². The van der Waals surface area contributed by atoms with Gasteiger partial charge in [0.25, 0.3) is 0 Å². The summed E-state index contributed by atoms with van der Waals surface area (Å²) >= 11 is 0. The van der Waals surface area contributed by atoms with Crippen LogP contribution >= 0.6 is 0 Å². The Morgan fingerprint density at radius 3 is 1.56 bits per heavy atom. The fourth-order valence-electron chi connectivity index (χ4n) is 5.68. The van der Waals surface area contributed by atoms with Gasteiger partial charge in [-0.05, 0) is 72.7 Å². The summed E-state index contributed by atoms with van der Waals surface area (Å²) in [5.41, 5.74) is 4.38. The molecule has 0 aliphatic carbocycles. The van der Waals surface area contributed by atoms with Gasteiger partial charge in [0.2, 0.25) is 0 Å². The number of amides is 1. The van der Waals surface area contributed by atoms with E-state index in [0.29, 0.717) is 6.61 Å². The van der Waals surface area contributed by atoms with Crippen LogP contribution in [0.25, 0.3) is 0 Å². The minimum atomic E-state index is -3.58. The molecule has 70 heavy (non-hydrogen) atoms. The third-order valence-electron chi connectivity index (χ3n) is 11.9. The third kappa shape index (κ3) is 17.0. The molecule has 0 unspecified atom stereocenters. The number of carbonyl (C=O) groups excluding carboxylic acids is 1. The lowest BCUT2D eigenvalue weighted by Crippen LogP contribution is -2.42. The summed E-state index contributed by atoms with van der Waals surface area (Å²) in [5, 5.41) is 11.0. The lowest BCUT2D eigenvalue weighted by molar-refractivity contribution is -0.0963. The first-order valence-corrected chi connectivity index (χ1v) is 31.5. The van der Waals surface area contributed by atoms with E-state index >= 15 is 0 Å². The van der Waals surface area contributed by atoms with Gasteiger partial charge in [0.1, 0.15) is 18.2 Å². The van der Waals surface area contributed by atoms with Gasteiger partial charge >= 0.3 is 17.5 Å². The van der Waals surface area contributed by atoms with Gasteiger partial charge in [0.05, 0.1) is 54.3 Å². The number of anilines is 2. The molecule has 4 aromatic rings. The molecular formula is C45H68N6O15S2Si2. The van der Waals surface area contributed by atoms with Gasteiger partial charge in [-0.25, -0.2) is 31.2 Å². The third-order valence-corrected chi connectivity index (χ3v) is 24.3. The van der Waals surface area contributed by atoms with E-state index in [1.54, 1.807) is 48.7 Å². The van der Waals surface area contributed by atoms with Crippen LogP contribution in [-0.4, -0.2) is 127 Å². The van der Waals surface area contributed by atoms with Crippen molar-refractivity contribution in [3.63, 3.8) is 0 Å². The number of rotatable bonds is 16. The highest BCUT2D eigenvalue weighted by Gasteiger charge is 2.40. The van der Waals surface area contributed by atoms with Crippen LogP contribution in [-0.2, 0) is 52.2 Å². The molecule has 2 aliphatic rings. The Bertz CT molecular complexity index is 2660. The van der Waals surface area contributed by atoms with E-state index in [1.807, 2.05) is 0 Å². The molecule has 0 saturated carbocycles. The molecule has 0 bridgehead atoms. The van der Waals surface area contributed by atoms with Crippen molar-refractivity contribution in [3.8, 4) is 0 Å². The van der Waals surface area contributed by atoms with Crippen molar-refractivity contribution in [2.75, 3.05) is 62.2 Å². The number of benzene rings is 2. The number of aliphatic hydroxyl groups is 1. The smallest absolute Gasteiger partial charge is 0.412 e. The fraction of sp³-hybridized carbons (Fsp3) is 0.533. The van der Waals surface area contributed by atoms with E-state index in [1.165, 1.54) is 45.7 Å². The first-order valence-electron chi connectivity index (χ1n) is 22.4. The SMILES string of the molecule is CC(C)(C)[Si](C)(C)OC[C@H]1OC[C@@H](n2ccc(N)nc2=O)O1.CC(C)(C)[Si](C)(C)OC[C@H]1OC[C@@H](n2ccc(NC(=O)OCCS(=O)(=O)c3ccccc3)nc2=O)O1.O=S(=O)(CCO)c1ccccc1. The zero-order valence-electron chi connectivity index (χ0n) is 41.4. The molecule has 388 valence electrons. The number of hydrogen-bond acceptors (Lipinski definition) is 18. The Kier molecular flexibility index (Phi) is 20.4. The molecule has 0 spiro atoms. The summed E-state index contributed by atoms with van der Waals surface area (Å²) in [5.74, 6) is -0.433. The van der Waals surface area contributed by atoms with Gasteiger partial charge in [-0.15, -0.1) is 0 Å². The molecule has 2 aliphatic heterocycles. The van der Waals surface area contributed by atoms with Crippen LogP contribution in [0.5, 0.6) is 0 Å². The van der Waals surface area contributed by atoms with Crippen LogP contribution in [0.1, 0.15) is 54.0 Å². The number of hydrogen-bond donors (Lipinski definition) is 3. The molecule has 25 heteroatoms. The van der Waals surface area contributed by atoms with Crippen molar-refractivity contribution in [3.05, 3.63) is 106 Å². The van der Waals surface area contributed by atoms with Gasteiger partial charge in [-0.3, -0.25) is 14.5 Å². The largest absolute Gasteiger partial charge is 0.448 e. The van der Waals surface area contributed by atoms with Crippen molar-refractivity contribution in [1.82, 2.24) is 19.1 Å². The Balaban J connectivity index is 0.000000263. The zero-order valence-corrected chi connectivity index (χ0v) is 45.0. The van der Waals surface area contributed by atoms with E-state index in [-0.39, 0.29) is 76.0 Å². The van der Waals surface area contributed by atoms with Crippen LogP contribution in [0.3, 0.4) is 0 Å². The molecule has 4 atom stereocenters. The number of carbonyl (C=O) groups is 1. The monoisotopic (exact) mass is 1050 g/mol. The summed E-state index contributed by atoms with van der Waals surface area (Å²) < 4.78 is 89.5. The van der Waals surface area contributed by atoms with Crippen LogP contribution in [0, 0.1) is 0 Å². The average molecular weight is 1050 g/mol. The molecule has 4 N–H and O–H groups in total. The second-order valence-electron chi connectivity index (χ2n) is 19.1. The standard InChI is InChI=1S/C23H33N3O8SSi.C14H25N3O4Si.C8H10O3S/c1-23(2,3)36(4,5)33-16-20-32-15-19(34-20)26-12-11-18(24-21(26)27)25-22(28)31-13-14-35(29,30)17-9-7-6-8-10-17;1-14(2,3)22(4,5)20-9-12-19-8-11(21-12)17-7-6-10(15)16-13(17)18;9-6-7-12(10,11)8-4-2-1-3-5-8/h6-12,19-20H,13-16H2,1-5H3,(H,24,25,27,28);6-7,11-12H,8-9H2,1-5H3,(H2,15,16,18);1-5,9H,6-7H2/t19-,20-;11-,12-;/m00./s1. The number of nitrogens with one attached hydrogen (secondary N) is 1. The maximum Gasteiger partial charge on any atom is 0.412 e. The summed E-state index contributed by atoms with van der Waals surface area (Å²) in [6.07, 6.45) is -0.173. The van der Waals surface area contributed by atoms with Gasteiger partial charge in [0, 0.05) is 12.4 Å². The lowest BCUT2D eigenvalue weighted by Gasteiger charge is -2.36. The van der Waals surface area contributed by atoms with Crippen LogP contribution in [0.15, 0.2) is 105 Å². The summed E-state index contributed by atoms with van der Waals surface area (Å²) in [6.45, 7) is 21.9. The highest BCUT2D eigenvalue weighted by molar-refractivity contribution is 7.91. The quantitative estimate of drug-likeness (QED) is 0.120. The molecule has 4 heterocycles. The summed E-state index contributed by atoms with van der Waals surface area (Å²) in [4.78, 5) is 44.2. The van der Waals surface area contributed by atoms with E-state index in [9.17, 15) is 31.2 Å². The number of ether oxygens (including phenoxy) is 5. The van der Waals surface area contributed by atoms with Gasteiger partial charge < -0.3 is 43.4 Å². The topological polar surface area (TPSA) is 278 Å². The predicted molar refractivity (Wildman–Crippen MR) is 266 cm³/mol. The molecule has 6 rings (SSSR count). The molecule has 21 nitrogen and oxygen atoms in total. The molecule has 0 radical (unpaired) electrons. The predicted octanol–water partition coefficient (Wildman–Crippen LogP) is 5.33. The first-order chi connectivity index (χ1) is 32.5. The summed E-state index contributed by atoms with van der Waals surface area (Å²) in [6, 6.07) is 18.9. The highest BCUT2D eigenvalue weighted by atomic mass is 32.2. The average Bonchev–Trinajstić information content (AvgIpc) is 3.96. The minimum absolute atomic E-state index is 0.0381. The summed E-state index contributed by atoms with van der Waals surface area (Å²) in [7, 11) is -10.7. The van der Waals surface area contributed by atoms with Gasteiger partial charge in [-0.1, -0.05) is 77.9 Å². The maximum absolute atomic E-state index is 12.5. The Labute approximate surface area is 411 Å². The molecule has 2 aromatic carbocycles. The van der Waals surface area contributed by atoms with Crippen LogP contribution < -0.4 is 22.4 Å². The van der Waals surface area contributed by atoms with Gasteiger partial charge in [0.15, 0.2) is 61.3 Å². The van der Waals surface area contributed by atoms with Crippen molar-refractivity contribution < 1.29 is 59.3 Å². The molecular weight excluding hydrogens is 985 g/mol. The first kappa shape index (κ1) is 57.9. The maximum atomic E-state index is 12.5. The van der Waals surface area contributed by atoms with E-state index < -0.39 is 78.8 Å². The van der Waals surface area contributed by atoms with Crippen molar-refractivity contribution in [2.45, 2.75) is 113 Å². The van der Waals surface area contributed by atoms with Crippen molar-refractivity contribution >= 4 is 54.0 Å². The molecule has 2 saturated heterocycles. The van der Waals surface area contributed by atoms with Crippen LogP contribution in [0.4, 0.5) is 16.4 Å². The fourth-order valence-corrected chi connectivity index (χ4v) is 9.81. The molecule has 1 amide bonds. The molecule has 2 aromatic heterocycles. The highest BCUT2D eigenvalue weighted by Crippen LogP contribution is 2.38. The lowest BCUT2D eigenvalue weighted by atomic mass is 10.2. The number of sulfone groups is 2. The van der Waals surface area contributed by atoms with Gasteiger partial charge in [-0.2, -0.15) is 9.97 Å². The Hall–Kier alpha value is -4.68. The van der Waals surface area contributed by atoms with Crippen LogP contribution in [0.2, 0.25) is 36.3 Å². The van der Waals surface area contributed by atoms with Crippen molar-refractivity contribution in [1.29, 1.82) is 0 Å². The number of nitrogen functional groups attached to an aromatic ring is 1. The number of aliphatic hydroxyl groups excluding tert-OH is 1. The Morgan fingerprint density at radius 2 is 1.14 bits per heavy atom. The van der Waals surface area contributed by atoms with E-state index in [2.05, 4.69) is 83.0 Å².